The Morgan fingerprint density at radius 2 is 1.95 bits per heavy atom. The third-order valence-corrected chi connectivity index (χ3v) is 3.67. The molecule has 102 valence electrons. The Morgan fingerprint density at radius 1 is 1.26 bits per heavy atom. The summed E-state index contributed by atoms with van der Waals surface area (Å²) in [7, 11) is 0. The largest absolute Gasteiger partial charge is 0.327 e. The summed E-state index contributed by atoms with van der Waals surface area (Å²) >= 11 is 0. The van der Waals surface area contributed by atoms with Crippen LogP contribution in [0.3, 0.4) is 0 Å². The highest BCUT2D eigenvalue weighted by Crippen LogP contribution is 2.15. The van der Waals surface area contributed by atoms with Gasteiger partial charge in [0, 0.05) is 12.2 Å². The molecule has 3 nitrogen and oxygen atoms in total. The maximum atomic E-state index is 5.98. The van der Waals surface area contributed by atoms with Crippen LogP contribution in [0.2, 0.25) is 0 Å². The Kier molecular flexibility index (Phi) is 4.38. The molecule has 2 aromatic rings. The Balaban J connectivity index is 2.12. The zero-order valence-electron chi connectivity index (χ0n) is 12.1. The van der Waals surface area contributed by atoms with Crippen LogP contribution in [0.25, 0.3) is 0 Å². The zero-order chi connectivity index (χ0) is 13.8. The average Bonchev–Trinajstić information content (AvgIpc) is 2.81. The first-order valence-corrected chi connectivity index (χ1v) is 6.92. The van der Waals surface area contributed by atoms with Crippen molar-refractivity contribution in [1.82, 2.24) is 9.78 Å². The predicted molar refractivity (Wildman–Crippen MR) is 79.2 cm³/mol. The van der Waals surface area contributed by atoms with E-state index in [9.17, 15) is 0 Å². The van der Waals surface area contributed by atoms with E-state index in [2.05, 4.69) is 50.3 Å². The lowest BCUT2D eigenvalue weighted by Crippen LogP contribution is -2.21. The quantitative estimate of drug-likeness (QED) is 0.895. The number of hydrogen-bond acceptors (Lipinski definition) is 2. The third-order valence-electron chi connectivity index (χ3n) is 3.67. The molecule has 0 aliphatic rings. The molecule has 1 aromatic heterocycles. The fourth-order valence-corrected chi connectivity index (χ4v) is 2.31. The standard InChI is InChI=1S/C16H23N3/c1-4-15(17)8-14-9-18-19(10-14)11-16-12(2)6-5-7-13(16)3/h5-7,9-10,15H,4,8,11,17H2,1-3H3. The molecule has 0 fully saturated rings. The first kappa shape index (κ1) is 13.8. The Hall–Kier alpha value is -1.61. The van der Waals surface area contributed by atoms with Crippen LogP contribution >= 0.6 is 0 Å². The molecule has 19 heavy (non-hydrogen) atoms. The van der Waals surface area contributed by atoms with E-state index in [-0.39, 0.29) is 6.04 Å². The number of benzene rings is 1. The lowest BCUT2D eigenvalue weighted by molar-refractivity contribution is 0.643. The Bertz CT molecular complexity index is 522. The van der Waals surface area contributed by atoms with Crippen LogP contribution in [0.4, 0.5) is 0 Å². The Morgan fingerprint density at radius 3 is 2.58 bits per heavy atom. The maximum absolute atomic E-state index is 5.98. The number of hydrogen-bond donors (Lipinski definition) is 1. The molecular weight excluding hydrogens is 234 g/mol. The van der Waals surface area contributed by atoms with Crippen molar-refractivity contribution in [2.24, 2.45) is 5.73 Å². The summed E-state index contributed by atoms with van der Waals surface area (Å²) in [6.45, 7) is 7.26. The topological polar surface area (TPSA) is 43.8 Å². The van der Waals surface area contributed by atoms with Crippen LogP contribution in [0, 0.1) is 13.8 Å². The highest BCUT2D eigenvalue weighted by atomic mass is 15.3. The highest BCUT2D eigenvalue weighted by Gasteiger charge is 2.07. The van der Waals surface area contributed by atoms with E-state index in [4.69, 9.17) is 5.73 Å². The van der Waals surface area contributed by atoms with E-state index in [1.54, 1.807) is 0 Å². The van der Waals surface area contributed by atoms with Crippen molar-refractivity contribution < 1.29 is 0 Å². The number of nitrogens with two attached hydrogens (primary N) is 1. The molecule has 0 aliphatic heterocycles. The summed E-state index contributed by atoms with van der Waals surface area (Å²) in [5, 5.41) is 4.44. The van der Waals surface area contributed by atoms with Crippen molar-refractivity contribution in [2.75, 3.05) is 0 Å². The average molecular weight is 257 g/mol. The number of rotatable bonds is 5. The van der Waals surface area contributed by atoms with Gasteiger partial charge < -0.3 is 5.73 Å². The molecule has 2 rings (SSSR count). The first-order chi connectivity index (χ1) is 9.10. The van der Waals surface area contributed by atoms with Crippen LogP contribution < -0.4 is 5.73 Å². The third kappa shape index (κ3) is 3.44. The van der Waals surface area contributed by atoms with Gasteiger partial charge >= 0.3 is 0 Å². The molecule has 0 saturated carbocycles. The number of nitrogens with zero attached hydrogens (tertiary/aromatic N) is 2. The molecule has 3 heteroatoms. The second-order valence-electron chi connectivity index (χ2n) is 5.29. The van der Waals surface area contributed by atoms with Gasteiger partial charge in [-0.2, -0.15) is 5.10 Å². The molecule has 1 heterocycles. The molecular formula is C16H23N3. The lowest BCUT2D eigenvalue weighted by Gasteiger charge is -2.09. The minimum absolute atomic E-state index is 0.234. The van der Waals surface area contributed by atoms with Crippen molar-refractivity contribution >= 4 is 0 Å². The fourth-order valence-electron chi connectivity index (χ4n) is 2.31. The summed E-state index contributed by atoms with van der Waals surface area (Å²) in [6, 6.07) is 6.64. The molecule has 0 amide bonds. The predicted octanol–water partition coefficient (Wildman–Crippen LogP) is 2.83. The van der Waals surface area contributed by atoms with Crippen molar-refractivity contribution in [1.29, 1.82) is 0 Å². The Labute approximate surface area is 115 Å². The molecule has 1 unspecified atom stereocenters. The van der Waals surface area contributed by atoms with Gasteiger partial charge in [-0.05, 0) is 48.9 Å². The van der Waals surface area contributed by atoms with Crippen LogP contribution in [0.5, 0.6) is 0 Å². The van der Waals surface area contributed by atoms with E-state index in [0.717, 1.165) is 19.4 Å². The van der Waals surface area contributed by atoms with E-state index in [1.165, 1.54) is 22.3 Å². The molecule has 0 spiro atoms. The van der Waals surface area contributed by atoms with Gasteiger partial charge in [0.05, 0.1) is 12.7 Å². The highest BCUT2D eigenvalue weighted by molar-refractivity contribution is 5.33. The molecule has 0 radical (unpaired) electrons. The summed E-state index contributed by atoms with van der Waals surface area (Å²) in [6.07, 6.45) is 5.95. The SMILES string of the molecule is CCC(N)Cc1cnn(Cc2c(C)cccc2C)c1. The molecule has 0 saturated heterocycles. The van der Waals surface area contributed by atoms with E-state index >= 15 is 0 Å². The van der Waals surface area contributed by atoms with Crippen molar-refractivity contribution in [2.45, 2.75) is 46.2 Å². The van der Waals surface area contributed by atoms with Gasteiger partial charge in [-0.25, -0.2) is 0 Å². The number of aryl methyl sites for hydroxylation is 2. The van der Waals surface area contributed by atoms with E-state index in [1.807, 2.05) is 10.9 Å². The minimum atomic E-state index is 0.234. The fraction of sp³-hybridized carbons (Fsp3) is 0.438. The van der Waals surface area contributed by atoms with Gasteiger partial charge in [-0.3, -0.25) is 4.68 Å². The second-order valence-corrected chi connectivity index (χ2v) is 5.29. The molecule has 1 aromatic carbocycles. The maximum Gasteiger partial charge on any atom is 0.0664 e. The van der Waals surface area contributed by atoms with E-state index < -0.39 is 0 Å². The van der Waals surface area contributed by atoms with E-state index in [0.29, 0.717) is 0 Å². The zero-order valence-corrected chi connectivity index (χ0v) is 12.1. The number of aromatic nitrogens is 2. The van der Waals surface area contributed by atoms with Crippen LogP contribution in [-0.4, -0.2) is 15.8 Å². The van der Waals surface area contributed by atoms with Gasteiger partial charge in [0.2, 0.25) is 0 Å². The summed E-state index contributed by atoms with van der Waals surface area (Å²) in [4.78, 5) is 0. The van der Waals surface area contributed by atoms with Crippen molar-refractivity contribution in [3.05, 3.63) is 52.8 Å². The summed E-state index contributed by atoms with van der Waals surface area (Å²) < 4.78 is 2.01. The van der Waals surface area contributed by atoms with Crippen molar-refractivity contribution in [3.63, 3.8) is 0 Å². The smallest absolute Gasteiger partial charge is 0.0664 e. The lowest BCUT2D eigenvalue weighted by atomic mass is 10.0. The van der Waals surface area contributed by atoms with Crippen LogP contribution in [0.15, 0.2) is 30.6 Å². The minimum Gasteiger partial charge on any atom is -0.327 e. The van der Waals surface area contributed by atoms with Crippen LogP contribution in [-0.2, 0) is 13.0 Å². The monoisotopic (exact) mass is 257 g/mol. The molecule has 0 bridgehead atoms. The van der Waals surface area contributed by atoms with Crippen molar-refractivity contribution in [3.8, 4) is 0 Å². The summed E-state index contributed by atoms with van der Waals surface area (Å²) in [5.41, 5.74) is 11.2. The van der Waals surface area contributed by atoms with Gasteiger partial charge in [0.1, 0.15) is 0 Å². The normalized spacial score (nSPS) is 12.6. The molecule has 1 atom stereocenters. The van der Waals surface area contributed by atoms with Gasteiger partial charge in [-0.15, -0.1) is 0 Å². The molecule has 2 N–H and O–H groups in total. The van der Waals surface area contributed by atoms with Gasteiger partial charge in [0.25, 0.3) is 0 Å². The second kappa shape index (κ2) is 6.02. The van der Waals surface area contributed by atoms with Gasteiger partial charge in [0.15, 0.2) is 0 Å². The summed E-state index contributed by atoms with van der Waals surface area (Å²) in [5.74, 6) is 0. The molecule has 0 aliphatic carbocycles. The first-order valence-electron chi connectivity index (χ1n) is 6.92. The van der Waals surface area contributed by atoms with Crippen LogP contribution in [0.1, 0.15) is 35.6 Å². The van der Waals surface area contributed by atoms with Gasteiger partial charge in [-0.1, -0.05) is 25.1 Å².